The van der Waals surface area contributed by atoms with Gasteiger partial charge in [0.05, 0.1) is 7.11 Å². The molecule has 0 aromatic carbocycles. The van der Waals surface area contributed by atoms with Crippen molar-refractivity contribution in [2.45, 2.75) is 25.8 Å². The fourth-order valence-electron chi connectivity index (χ4n) is 0.628. The molecule has 0 radical (unpaired) electrons. The molecule has 64 valence electrons. The van der Waals surface area contributed by atoms with Gasteiger partial charge in [0, 0.05) is 0 Å². The Hall–Kier alpha value is -0.480. The first-order chi connectivity index (χ1) is 5.07. The number of hydrogen-bond donors (Lipinski definition) is 1. The summed E-state index contributed by atoms with van der Waals surface area (Å²) in [6, 6.07) is -0.530. The van der Waals surface area contributed by atoms with Crippen molar-refractivity contribution in [3.63, 3.8) is 0 Å². The van der Waals surface area contributed by atoms with Gasteiger partial charge in [0.2, 0.25) is 0 Å². The first-order valence-corrected chi connectivity index (χ1v) is 3.81. The molecule has 0 aromatic heterocycles. The van der Waals surface area contributed by atoms with Gasteiger partial charge in [0.25, 0.3) is 0 Å². The van der Waals surface area contributed by atoms with Gasteiger partial charge in [-0.1, -0.05) is 12.2 Å². The quantitative estimate of drug-likeness (QED) is 0.503. The lowest BCUT2D eigenvalue weighted by atomic mass is 10.1. The maximum absolute atomic E-state index is 10.7. The van der Waals surface area contributed by atoms with Crippen LogP contribution in [0.3, 0.4) is 0 Å². The summed E-state index contributed by atoms with van der Waals surface area (Å²) in [5.41, 5.74) is 5.44. The maximum atomic E-state index is 10.7. The molecule has 0 rings (SSSR count). The molecule has 0 amide bonds. The van der Waals surface area contributed by atoms with E-state index in [-0.39, 0.29) is 5.97 Å². The van der Waals surface area contributed by atoms with Gasteiger partial charge >= 0.3 is 5.97 Å². The second-order valence-electron chi connectivity index (χ2n) is 2.37. The van der Waals surface area contributed by atoms with E-state index in [1.165, 1.54) is 7.11 Å². The second kappa shape index (κ2) is 5.21. The van der Waals surface area contributed by atoms with E-state index in [2.05, 4.69) is 4.74 Å². The first-order valence-electron chi connectivity index (χ1n) is 3.40. The normalized spacial score (nSPS) is 12.3. The van der Waals surface area contributed by atoms with Crippen molar-refractivity contribution < 1.29 is 9.53 Å². The Morgan fingerprint density at radius 2 is 2.27 bits per heavy atom. The van der Waals surface area contributed by atoms with E-state index in [1.54, 1.807) is 0 Å². The smallest absolute Gasteiger partial charge is 0.322 e. The van der Waals surface area contributed by atoms with E-state index >= 15 is 0 Å². The van der Waals surface area contributed by atoms with Gasteiger partial charge in [-0.15, -0.1) is 0 Å². The Morgan fingerprint density at radius 1 is 1.73 bits per heavy atom. The van der Waals surface area contributed by atoms with E-state index in [4.69, 9.17) is 18.0 Å². The Bertz CT molecular complexity index is 159. The lowest BCUT2D eigenvalue weighted by Gasteiger charge is -2.07. The number of ether oxygens (including phenoxy) is 1. The van der Waals surface area contributed by atoms with E-state index in [0.717, 1.165) is 4.86 Å². The zero-order chi connectivity index (χ0) is 8.85. The molecule has 0 spiro atoms. The molecule has 2 N–H and O–H groups in total. The largest absolute Gasteiger partial charge is 0.468 e. The van der Waals surface area contributed by atoms with Gasteiger partial charge in [-0.25, -0.2) is 0 Å². The average Bonchev–Trinajstić information content (AvgIpc) is 1.98. The van der Waals surface area contributed by atoms with E-state index in [0.29, 0.717) is 12.8 Å². The number of thiocarbonyl (C=S) groups is 1. The Balaban J connectivity index is 3.60. The molecule has 1 unspecified atom stereocenters. The summed E-state index contributed by atoms with van der Waals surface area (Å²) in [6.07, 6.45) is 1.27. The van der Waals surface area contributed by atoms with Crippen molar-refractivity contribution in [3.8, 4) is 0 Å². The van der Waals surface area contributed by atoms with Crippen LogP contribution in [0.25, 0.3) is 0 Å². The Labute approximate surface area is 71.9 Å². The monoisotopic (exact) mass is 175 g/mol. The molecule has 0 saturated carbocycles. The van der Waals surface area contributed by atoms with Gasteiger partial charge in [-0.2, -0.15) is 0 Å². The van der Waals surface area contributed by atoms with E-state index in [1.807, 2.05) is 6.92 Å². The zero-order valence-corrected chi connectivity index (χ0v) is 7.61. The number of carbonyl (C=O) groups is 1. The highest BCUT2D eigenvalue weighted by Crippen LogP contribution is 1.98. The summed E-state index contributed by atoms with van der Waals surface area (Å²) < 4.78 is 4.44. The van der Waals surface area contributed by atoms with Crippen LogP contribution in [0.5, 0.6) is 0 Å². The minimum absolute atomic E-state index is 0.374. The average molecular weight is 175 g/mol. The predicted molar refractivity (Wildman–Crippen MR) is 47.5 cm³/mol. The highest BCUT2D eigenvalue weighted by molar-refractivity contribution is 7.80. The summed E-state index contributed by atoms with van der Waals surface area (Å²) in [5.74, 6) is -0.374. The van der Waals surface area contributed by atoms with Crippen molar-refractivity contribution in [2.24, 2.45) is 5.73 Å². The topological polar surface area (TPSA) is 52.3 Å². The molecule has 0 heterocycles. The predicted octanol–water partition coefficient (Wildman–Crippen LogP) is 0.657. The minimum Gasteiger partial charge on any atom is -0.468 e. The van der Waals surface area contributed by atoms with Crippen LogP contribution >= 0.6 is 12.2 Å². The van der Waals surface area contributed by atoms with Crippen molar-refractivity contribution in [1.82, 2.24) is 0 Å². The van der Waals surface area contributed by atoms with Gasteiger partial charge in [0.1, 0.15) is 6.04 Å². The molecule has 0 saturated heterocycles. The van der Waals surface area contributed by atoms with Crippen LogP contribution in [0.1, 0.15) is 19.8 Å². The van der Waals surface area contributed by atoms with Crippen molar-refractivity contribution in [3.05, 3.63) is 0 Å². The van der Waals surface area contributed by atoms with Crippen LogP contribution in [0, 0.1) is 0 Å². The van der Waals surface area contributed by atoms with Crippen molar-refractivity contribution >= 4 is 23.1 Å². The SMILES string of the molecule is COC(=O)C(N)CCC(C)=S. The minimum atomic E-state index is -0.530. The molecule has 0 fully saturated rings. The molecule has 0 aliphatic carbocycles. The molecule has 1 atom stereocenters. The number of hydrogen-bond acceptors (Lipinski definition) is 4. The highest BCUT2D eigenvalue weighted by atomic mass is 32.1. The van der Waals surface area contributed by atoms with Crippen LogP contribution in [-0.4, -0.2) is 24.0 Å². The second-order valence-corrected chi connectivity index (χ2v) is 3.07. The number of carbonyl (C=O) groups excluding carboxylic acids is 1. The number of esters is 1. The summed E-state index contributed by atoms with van der Waals surface area (Å²) >= 11 is 4.83. The summed E-state index contributed by atoms with van der Waals surface area (Å²) in [6.45, 7) is 1.83. The molecule has 0 aliphatic heterocycles. The molecule has 0 aliphatic rings. The van der Waals surface area contributed by atoms with E-state index in [9.17, 15) is 4.79 Å². The Kier molecular flexibility index (Phi) is 4.98. The lowest BCUT2D eigenvalue weighted by molar-refractivity contribution is -0.142. The zero-order valence-electron chi connectivity index (χ0n) is 6.79. The standard InChI is InChI=1S/C7H13NO2S/c1-5(11)3-4-6(8)7(9)10-2/h6H,3-4,8H2,1-2H3. The van der Waals surface area contributed by atoms with Crippen molar-refractivity contribution in [2.75, 3.05) is 7.11 Å². The number of nitrogens with two attached hydrogens (primary N) is 1. The highest BCUT2D eigenvalue weighted by Gasteiger charge is 2.12. The molecular formula is C7H13NO2S. The lowest BCUT2D eigenvalue weighted by Crippen LogP contribution is -2.31. The molecule has 11 heavy (non-hydrogen) atoms. The molecule has 3 nitrogen and oxygen atoms in total. The van der Waals surface area contributed by atoms with Gasteiger partial charge in [-0.3, -0.25) is 4.79 Å². The molecular weight excluding hydrogens is 162 g/mol. The fraction of sp³-hybridized carbons (Fsp3) is 0.714. The Morgan fingerprint density at radius 3 is 2.64 bits per heavy atom. The third-order valence-electron chi connectivity index (χ3n) is 1.31. The van der Waals surface area contributed by atoms with Crippen LogP contribution in [0.4, 0.5) is 0 Å². The van der Waals surface area contributed by atoms with Crippen LogP contribution in [0.15, 0.2) is 0 Å². The molecule has 0 bridgehead atoms. The van der Waals surface area contributed by atoms with Gasteiger partial charge in [0.15, 0.2) is 0 Å². The maximum Gasteiger partial charge on any atom is 0.322 e. The molecule has 4 heteroatoms. The van der Waals surface area contributed by atoms with Gasteiger partial charge < -0.3 is 10.5 Å². The fourth-order valence-corrected chi connectivity index (χ4v) is 0.746. The van der Waals surface area contributed by atoms with Crippen LogP contribution in [-0.2, 0) is 9.53 Å². The van der Waals surface area contributed by atoms with Crippen LogP contribution < -0.4 is 5.73 Å². The number of methoxy groups -OCH3 is 1. The van der Waals surface area contributed by atoms with E-state index < -0.39 is 6.04 Å². The summed E-state index contributed by atoms with van der Waals surface area (Å²) in [5, 5.41) is 0. The van der Waals surface area contributed by atoms with Gasteiger partial charge in [-0.05, 0) is 24.6 Å². The number of rotatable bonds is 4. The summed E-state index contributed by atoms with van der Waals surface area (Å²) in [4.78, 5) is 11.6. The van der Waals surface area contributed by atoms with Crippen LogP contribution in [0.2, 0.25) is 0 Å². The third-order valence-corrected chi connectivity index (χ3v) is 1.52. The van der Waals surface area contributed by atoms with Crippen molar-refractivity contribution in [1.29, 1.82) is 0 Å². The molecule has 0 aromatic rings. The summed E-state index contributed by atoms with van der Waals surface area (Å²) in [7, 11) is 1.33. The third kappa shape index (κ3) is 4.86. The first kappa shape index (κ1) is 10.5.